The number of carbonyl (C=O) groups is 1. The van der Waals surface area contributed by atoms with E-state index in [2.05, 4.69) is 4.98 Å². The summed E-state index contributed by atoms with van der Waals surface area (Å²) in [5, 5.41) is 0. The van der Waals surface area contributed by atoms with Crippen molar-refractivity contribution >= 4 is 12.0 Å². The van der Waals surface area contributed by atoms with Gasteiger partial charge in [0, 0.05) is 32.4 Å². The topological polar surface area (TPSA) is 42.4 Å². The molecule has 0 radical (unpaired) electrons. The van der Waals surface area contributed by atoms with Gasteiger partial charge >= 0.3 is 0 Å². The summed E-state index contributed by atoms with van der Waals surface area (Å²) >= 11 is 0. The van der Waals surface area contributed by atoms with Gasteiger partial charge in [-0.15, -0.1) is 0 Å². The van der Waals surface area contributed by atoms with Gasteiger partial charge in [0.25, 0.3) is 0 Å². The number of carbonyl (C=O) groups excluding carboxylic acids is 1. The summed E-state index contributed by atoms with van der Waals surface area (Å²) in [7, 11) is 4.99. The van der Waals surface area contributed by atoms with E-state index in [-0.39, 0.29) is 5.91 Å². The number of hydrogen-bond acceptors (Lipinski definition) is 3. The number of pyridine rings is 1. The van der Waals surface area contributed by atoms with Crippen molar-refractivity contribution in [3.05, 3.63) is 30.1 Å². The third kappa shape index (κ3) is 3.42. The monoisotopic (exact) mass is 206 g/mol. The second-order valence-corrected chi connectivity index (χ2v) is 3.19. The van der Waals surface area contributed by atoms with Gasteiger partial charge in [0.15, 0.2) is 0 Å². The van der Waals surface area contributed by atoms with Crippen LogP contribution in [-0.4, -0.2) is 37.0 Å². The highest BCUT2D eigenvalue weighted by Gasteiger charge is 1.98. The molecule has 0 unspecified atom stereocenters. The van der Waals surface area contributed by atoms with Gasteiger partial charge in [0.1, 0.15) is 5.75 Å². The number of rotatable bonds is 3. The van der Waals surface area contributed by atoms with E-state index < -0.39 is 0 Å². The molecule has 0 bridgehead atoms. The molecule has 1 amide bonds. The molecular weight excluding hydrogens is 192 g/mol. The normalized spacial score (nSPS) is 10.3. The summed E-state index contributed by atoms with van der Waals surface area (Å²) in [6.07, 6.45) is 4.77. The van der Waals surface area contributed by atoms with Crippen molar-refractivity contribution in [1.29, 1.82) is 0 Å². The Morgan fingerprint density at radius 3 is 2.87 bits per heavy atom. The Bertz CT molecular complexity index is 373. The van der Waals surface area contributed by atoms with E-state index in [1.165, 1.54) is 11.0 Å². The van der Waals surface area contributed by atoms with E-state index in [0.717, 1.165) is 5.75 Å². The Morgan fingerprint density at radius 2 is 2.27 bits per heavy atom. The first-order valence-electron chi connectivity index (χ1n) is 4.53. The minimum Gasteiger partial charge on any atom is -0.497 e. The second kappa shape index (κ2) is 5.14. The van der Waals surface area contributed by atoms with Crippen molar-refractivity contribution in [2.45, 2.75) is 0 Å². The number of amides is 1. The average Bonchev–Trinajstić information content (AvgIpc) is 2.26. The summed E-state index contributed by atoms with van der Waals surface area (Å²) in [5.41, 5.74) is 0.699. The molecule has 0 N–H and O–H groups in total. The highest BCUT2D eigenvalue weighted by Crippen LogP contribution is 2.10. The van der Waals surface area contributed by atoms with Crippen LogP contribution in [0.15, 0.2) is 24.4 Å². The quantitative estimate of drug-likeness (QED) is 0.698. The molecule has 80 valence electrons. The van der Waals surface area contributed by atoms with Crippen molar-refractivity contribution in [2.75, 3.05) is 21.2 Å². The van der Waals surface area contributed by atoms with E-state index in [1.54, 1.807) is 45.6 Å². The SMILES string of the molecule is COc1ccnc(C=CC(=O)N(C)C)c1. The minimum atomic E-state index is -0.0698. The van der Waals surface area contributed by atoms with Gasteiger partial charge in [-0.2, -0.15) is 0 Å². The third-order valence-electron chi connectivity index (χ3n) is 1.83. The van der Waals surface area contributed by atoms with Crippen LogP contribution < -0.4 is 4.74 Å². The van der Waals surface area contributed by atoms with Crippen LogP contribution >= 0.6 is 0 Å². The molecule has 0 saturated carbocycles. The fourth-order valence-electron chi connectivity index (χ4n) is 0.952. The fraction of sp³-hybridized carbons (Fsp3) is 0.273. The molecule has 0 spiro atoms. The van der Waals surface area contributed by atoms with Gasteiger partial charge < -0.3 is 9.64 Å². The zero-order valence-electron chi connectivity index (χ0n) is 9.10. The van der Waals surface area contributed by atoms with Crippen LogP contribution in [0, 0.1) is 0 Å². The Morgan fingerprint density at radius 1 is 1.53 bits per heavy atom. The van der Waals surface area contributed by atoms with Crippen molar-refractivity contribution in [3.8, 4) is 5.75 Å². The van der Waals surface area contributed by atoms with E-state index >= 15 is 0 Å². The largest absolute Gasteiger partial charge is 0.497 e. The highest BCUT2D eigenvalue weighted by atomic mass is 16.5. The lowest BCUT2D eigenvalue weighted by atomic mass is 10.3. The van der Waals surface area contributed by atoms with Gasteiger partial charge in [0.2, 0.25) is 5.91 Å². The Labute approximate surface area is 89.2 Å². The van der Waals surface area contributed by atoms with Crippen LogP contribution in [0.3, 0.4) is 0 Å². The molecule has 0 aromatic carbocycles. The van der Waals surface area contributed by atoms with E-state index in [0.29, 0.717) is 5.69 Å². The molecule has 1 heterocycles. The maximum absolute atomic E-state index is 11.3. The molecule has 4 nitrogen and oxygen atoms in total. The lowest BCUT2D eigenvalue weighted by Gasteiger charge is -2.05. The number of nitrogens with zero attached hydrogens (tertiary/aromatic N) is 2. The molecule has 1 aromatic heterocycles. The average molecular weight is 206 g/mol. The number of methoxy groups -OCH3 is 1. The first kappa shape index (κ1) is 11.2. The molecule has 0 saturated heterocycles. The Kier molecular flexibility index (Phi) is 3.85. The maximum atomic E-state index is 11.3. The minimum absolute atomic E-state index is 0.0698. The zero-order chi connectivity index (χ0) is 11.3. The van der Waals surface area contributed by atoms with Crippen molar-refractivity contribution in [3.63, 3.8) is 0 Å². The van der Waals surface area contributed by atoms with Crippen molar-refractivity contribution in [1.82, 2.24) is 9.88 Å². The first-order valence-corrected chi connectivity index (χ1v) is 4.53. The zero-order valence-corrected chi connectivity index (χ0v) is 9.10. The summed E-state index contributed by atoms with van der Waals surface area (Å²) in [6.45, 7) is 0. The second-order valence-electron chi connectivity index (χ2n) is 3.19. The lowest BCUT2D eigenvalue weighted by Crippen LogP contribution is -2.18. The van der Waals surface area contributed by atoms with Gasteiger partial charge in [0.05, 0.1) is 12.8 Å². The molecule has 15 heavy (non-hydrogen) atoms. The van der Waals surface area contributed by atoms with Gasteiger partial charge in [-0.05, 0) is 12.1 Å². The molecule has 0 aliphatic heterocycles. The summed E-state index contributed by atoms with van der Waals surface area (Å²) in [4.78, 5) is 16.8. The molecule has 0 aliphatic rings. The fourth-order valence-corrected chi connectivity index (χ4v) is 0.952. The summed E-state index contributed by atoms with van der Waals surface area (Å²) in [5.74, 6) is 0.654. The molecule has 0 atom stereocenters. The smallest absolute Gasteiger partial charge is 0.246 e. The van der Waals surface area contributed by atoms with Crippen molar-refractivity contribution < 1.29 is 9.53 Å². The van der Waals surface area contributed by atoms with Crippen LogP contribution in [0.25, 0.3) is 6.08 Å². The number of likely N-dealkylation sites (N-methyl/N-ethyl adjacent to an activating group) is 1. The van der Waals surface area contributed by atoms with Crippen LogP contribution in [0.2, 0.25) is 0 Å². The number of ether oxygens (including phenoxy) is 1. The molecular formula is C11H14N2O2. The predicted octanol–water partition coefficient (Wildman–Crippen LogP) is 1.19. The maximum Gasteiger partial charge on any atom is 0.246 e. The van der Waals surface area contributed by atoms with Gasteiger partial charge in [-0.1, -0.05) is 0 Å². The Hall–Kier alpha value is -1.84. The van der Waals surface area contributed by atoms with E-state index in [9.17, 15) is 4.79 Å². The van der Waals surface area contributed by atoms with Crippen LogP contribution in [0.1, 0.15) is 5.69 Å². The number of aromatic nitrogens is 1. The molecule has 0 aliphatic carbocycles. The number of hydrogen-bond donors (Lipinski definition) is 0. The molecule has 0 fully saturated rings. The van der Waals surface area contributed by atoms with E-state index in [1.807, 2.05) is 0 Å². The molecule has 1 rings (SSSR count). The summed E-state index contributed by atoms with van der Waals surface area (Å²) in [6, 6.07) is 3.52. The third-order valence-corrected chi connectivity index (χ3v) is 1.83. The van der Waals surface area contributed by atoms with Crippen LogP contribution in [0.5, 0.6) is 5.75 Å². The van der Waals surface area contributed by atoms with E-state index in [4.69, 9.17) is 4.74 Å². The Balaban J connectivity index is 2.76. The molecule has 4 heteroatoms. The lowest BCUT2D eigenvalue weighted by molar-refractivity contribution is -0.123. The summed E-state index contributed by atoms with van der Waals surface area (Å²) < 4.78 is 5.04. The predicted molar refractivity (Wildman–Crippen MR) is 58.5 cm³/mol. The van der Waals surface area contributed by atoms with Crippen LogP contribution in [-0.2, 0) is 4.79 Å². The van der Waals surface area contributed by atoms with Gasteiger partial charge in [-0.25, -0.2) is 0 Å². The van der Waals surface area contributed by atoms with Crippen molar-refractivity contribution in [2.24, 2.45) is 0 Å². The first-order chi connectivity index (χ1) is 7.13. The molecule has 1 aromatic rings. The standard InChI is InChI=1S/C11H14N2O2/c1-13(2)11(14)5-4-9-8-10(15-3)6-7-12-9/h4-8H,1-3H3. The van der Waals surface area contributed by atoms with Crippen LogP contribution in [0.4, 0.5) is 0 Å². The van der Waals surface area contributed by atoms with Gasteiger partial charge in [-0.3, -0.25) is 9.78 Å². The highest BCUT2D eigenvalue weighted by molar-refractivity contribution is 5.91.